The largest absolute Gasteiger partial charge is 0.474 e. The molecular weight excluding hydrogens is 450 g/mol. The molecule has 2 N–H and O–H groups in total. The minimum Gasteiger partial charge on any atom is -0.474 e. The molecule has 2 aromatic heterocycles. The van der Waals surface area contributed by atoms with Crippen LogP contribution in [0.2, 0.25) is 0 Å². The van der Waals surface area contributed by atoms with Crippen molar-refractivity contribution in [3.63, 3.8) is 0 Å². The molecule has 36 heavy (non-hydrogen) atoms. The number of nitrogens with zero attached hydrogens (tertiary/aromatic N) is 3. The predicted molar refractivity (Wildman–Crippen MR) is 145 cm³/mol. The van der Waals surface area contributed by atoms with Crippen LogP contribution in [0.4, 0.5) is 5.82 Å². The third kappa shape index (κ3) is 6.75. The Labute approximate surface area is 216 Å². The van der Waals surface area contributed by atoms with Gasteiger partial charge >= 0.3 is 0 Å². The van der Waals surface area contributed by atoms with Crippen molar-refractivity contribution in [2.45, 2.75) is 90.2 Å². The minimum absolute atomic E-state index is 0.00584. The molecule has 2 fully saturated rings. The van der Waals surface area contributed by atoms with Gasteiger partial charge < -0.3 is 20.3 Å². The van der Waals surface area contributed by atoms with E-state index in [1.54, 1.807) is 6.92 Å². The molecule has 0 bridgehead atoms. The van der Waals surface area contributed by atoms with Crippen molar-refractivity contribution in [2.24, 2.45) is 0 Å². The summed E-state index contributed by atoms with van der Waals surface area (Å²) in [6.45, 7) is 16.4. The SMILES string of the molecule is CC(=O)N1CCC(Nc2cc(C(C)(C)C)cc(CC(C)(C)c3ccnc(OC4CCNCC4)c3)n2)C1. The average Bonchev–Trinajstić information content (AvgIpc) is 3.28. The maximum absolute atomic E-state index is 11.8. The number of anilines is 1. The maximum atomic E-state index is 11.8. The summed E-state index contributed by atoms with van der Waals surface area (Å²) in [5, 5.41) is 7.00. The number of hydrogen-bond donors (Lipinski definition) is 2. The third-order valence-corrected chi connectivity index (χ3v) is 7.44. The minimum atomic E-state index is -0.144. The summed E-state index contributed by atoms with van der Waals surface area (Å²) in [5.41, 5.74) is 3.39. The van der Waals surface area contributed by atoms with E-state index in [-0.39, 0.29) is 28.9 Å². The molecule has 0 saturated carbocycles. The van der Waals surface area contributed by atoms with Crippen LogP contribution < -0.4 is 15.4 Å². The quantitative estimate of drug-likeness (QED) is 0.593. The molecule has 1 amide bonds. The van der Waals surface area contributed by atoms with Crippen LogP contribution in [-0.2, 0) is 22.0 Å². The van der Waals surface area contributed by atoms with Gasteiger partial charge in [0.1, 0.15) is 11.9 Å². The average molecular weight is 494 g/mol. The van der Waals surface area contributed by atoms with Crippen LogP contribution in [0.25, 0.3) is 0 Å². The molecule has 1 atom stereocenters. The Bertz CT molecular complexity index is 1060. The smallest absolute Gasteiger partial charge is 0.219 e. The Balaban J connectivity index is 1.53. The molecule has 2 aliphatic rings. The van der Waals surface area contributed by atoms with Crippen molar-refractivity contribution in [1.82, 2.24) is 20.2 Å². The van der Waals surface area contributed by atoms with E-state index < -0.39 is 0 Å². The van der Waals surface area contributed by atoms with Crippen LogP contribution >= 0.6 is 0 Å². The van der Waals surface area contributed by atoms with E-state index in [0.717, 1.165) is 63.4 Å². The highest BCUT2D eigenvalue weighted by Crippen LogP contribution is 2.32. The van der Waals surface area contributed by atoms with E-state index >= 15 is 0 Å². The third-order valence-electron chi connectivity index (χ3n) is 7.44. The van der Waals surface area contributed by atoms with Crippen molar-refractivity contribution in [2.75, 3.05) is 31.5 Å². The van der Waals surface area contributed by atoms with Crippen molar-refractivity contribution in [3.8, 4) is 5.88 Å². The highest BCUT2D eigenvalue weighted by atomic mass is 16.5. The number of piperidine rings is 1. The lowest BCUT2D eigenvalue weighted by atomic mass is 9.79. The second-order valence-electron chi connectivity index (χ2n) is 12.1. The predicted octanol–water partition coefficient (Wildman–Crippen LogP) is 4.46. The standard InChI is InChI=1S/C29H43N5O2/c1-20(35)34-14-10-23(19-34)32-26-16-22(28(2,3)4)15-24(33-26)18-29(5,6)21-7-13-31-27(17-21)36-25-8-11-30-12-9-25/h7,13,15-17,23,25,30H,8-12,14,18-19H2,1-6H3,(H,32,33). The molecule has 0 aromatic carbocycles. The highest BCUT2D eigenvalue weighted by Gasteiger charge is 2.27. The van der Waals surface area contributed by atoms with Crippen molar-refractivity contribution < 1.29 is 9.53 Å². The van der Waals surface area contributed by atoms with Gasteiger partial charge in [0.15, 0.2) is 0 Å². The lowest BCUT2D eigenvalue weighted by Gasteiger charge is -2.28. The van der Waals surface area contributed by atoms with Gasteiger partial charge in [-0.3, -0.25) is 4.79 Å². The molecule has 4 rings (SSSR count). The molecule has 7 heteroatoms. The second-order valence-corrected chi connectivity index (χ2v) is 12.1. The van der Waals surface area contributed by atoms with Crippen LogP contribution in [0, 0.1) is 0 Å². The Morgan fingerprint density at radius 1 is 1.11 bits per heavy atom. The van der Waals surface area contributed by atoms with Gasteiger partial charge in [-0.15, -0.1) is 0 Å². The van der Waals surface area contributed by atoms with E-state index in [4.69, 9.17) is 9.72 Å². The number of rotatable bonds is 7. The van der Waals surface area contributed by atoms with Crippen molar-refractivity contribution in [3.05, 3.63) is 47.3 Å². The summed E-state index contributed by atoms with van der Waals surface area (Å²) < 4.78 is 6.22. The lowest BCUT2D eigenvalue weighted by molar-refractivity contribution is -0.127. The van der Waals surface area contributed by atoms with Gasteiger partial charge in [0.05, 0.1) is 0 Å². The zero-order chi connectivity index (χ0) is 25.9. The fourth-order valence-corrected chi connectivity index (χ4v) is 5.09. The zero-order valence-corrected chi connectivity index (χ0v) is 22.9. The van der Waals surface area contributed by atoms with Crippen LogP contribution in [0.15, 0.2) is 30.5 Å². The molecule has 0 aliphatic carbocycles. The van der Waals surface area contributed by atoms with Gasteiger partial charge in [-0.25, -0.2) is 9.97 Å². The number of likely N-dealkylation sites (tertiary alicyclic amines) is 1. The van der Waals surface area contributed by atoms with E-state index in [1.807, 2.05) is 11.1 Å². The number of carbonyl (C=O) groups excluding carboxylic acids is 1. The zero-order valence-electron chi connectivity index (χ0n) is 22.9. The molecule has 2 aromatic rings. The van der Waals surface area contributed by atoms with E-state index in [2.05, 4.69) is 74.5 Å². The summed E-state index contributed by atoms with van der Waals surface area (Å²) in [7, 11) is 0. The number of nitrogens with one attached hydrogen (secondary N) is 2. The Kier molecular flexibility index (Phi) is 7.88. The molecule has 2 saturated heterocycles. The first-order valence-electron chi connectivity index (χ1n) is 13.4. The molecular formula is C29H43N5O2. The monoisotopic (exact) mass is 493 g/mol. The second kappa shape index (κ2) is 10.8. The normalized spacial score (nSPS) is 19.4. The van der Waals surface area contributed by atoms with Gasteiger partial charge in [-0.1, -0.05) is 34.6 Å². The lowest BCUT2D eigenvalue weighted by Crippen LogP contribution is -2.34. The van der Waals surface area contributed by atoms with E-state index in [1.165, 1.54) is 11.1 Å². The molecule has 2 aliphatic heterocycles. The first-order valence-corrected chi connectivity index (χ1v) is 13.4. The Hall–Kier alpha value is -2.67. The summed E-state index contributed by atoms with van der Waals surface area (Å²) >= 11 is 0. The summed E-state index contributed by atoms with van der Waals surface area (Å²) in [6.07, 6.45) is 5.86. The molecule has 7 nitrogen and oxygen atoms in total. The molecule has 0 radical (unpaired) electrons. The molecule has 1 unspecified atom stereocenters. The highest BCUT2D eigenvalue weighted by molar-refractivity contribution is 5.73. The number of ether oxygens (including phenoxy) is 1. The van der Waals surface area contributed by atoms with Crippen LogP contribution in [-0.4, -0.2) is 59.1 Å². The van der Waals surface area contributed by atoms with Crippen LogP contribution in [0.5, 0.6) is 5.88 Å². The van der Waals surface area contributed by atoms with Gasteiger partial charge in [0.25, 0.3) is 0 Å². The Morgan fingerprint density at radius 2 is 1.86 bits per heavy atom. The van der Waals surface area contributed by atoms with Crippen LogP contribution in [0.1, 0.15) is 77.6 Å². The van der Waals surface area contributed by atoms with E-state index in [0.29, 0.717) is 5.88 Å². The summed E-state index contributed by atoms with van der Waals surface area (Å²) in [5.74, 6) is 1.75. The molecule has 0 spiro atoms. The topological polar surface area (TPSA) is 79.4 Å². The van der Waals surface area contributed by atoms with Crippen molar-refractivity contribution >= 4 is 11.7 Å². The fraction of sp³-hybridized carbons (Fsp3) is 0.621. The summed E-state index contributed by atoms with van der Waals surface area (Å²) in [4.78, 5) is 23.2. The van der Waals surface area contributed by atoms with Gasteiger partial charge in [-0.05, 0) is 78.9 Å². The first-order chi connectivity index (χ1) is 17.0. The van der Waals surface area contributed by atoms with Crippen LogP contribution in [0.3, 0.4) is 0 Å². The van der Waals surface area contributed by atoms with Gasteiger partial charge in [-0.2, -0.15) is 0 Å². The number of amides is 1. The Morgan fingerprint density at radius 3 is 2.53 bits per heavy atom. The fourth-order valence-electron chi connectivity index (χ4n) is 5.09. The van der Waals surface area contributed by atoms with Crippen molar-refractivity contribution in [1.29, 1.82) is 0 Å². The molecule has 196 valence electrons. The maximum Gasteiger partial charge on any atom is 0.219 e. The van der Waals surface area contributed by atoms with E-state index in [9.17, 15) is 4.79 Å². The number of carbonyl (C=O) groups is 1. The first kappa shape index (κ1) is 26.4. The number of hydrogen-bond acceptors (Lipinski definition) is 6. The van der Waals surface area contributed by atoms with Gasteiger partial charge in [0.2, 0.25) is 11.8 Å². The number of pyridine rings is 2. The summed E-state index contributed by atoms with van der Waals surface area (Å²) in [6, 6.07) is 8.84. The number of aromatic nitrogens is 2. The molecule has 4 heterocycles. The van der Waals surface area contributed by atoms with Gasteiger partial charge in [0, 0.05) is 44.0 Å².